The molecule has 24 heavy (non-hydrogen) atoms. The first-order chi connectivity index (χ1) is 11.5. The average Bonchev–Trinajstić information content (AvgIpc) is 3.03. The summed E-state index contributed by atoms with van der Waals surface area (Å²) in [5.41, 5.74) is 6.51. The molecule has 0 aliphatic rings. The Morgan fingerprint density at radius 2 is 1.96 bits per heavy atom. The van der Waals surface area contributed by atoms with Crippen molar-refractivity contribution in [2.45, 2.75) is 13.3 Å². The maximum Gasteiger partial charge on any atom is 0.270 e. The number of nitrogens with two attached hydrogens (primary N) is 1. The molecule has 0 radical (unpaired) electrons. The highest BCUT2D eigenvalue weighted by molar-refractivity contribution is 7.09. The summed E-state index contributed by atoms with van der Waals surface area (Å²) in [6, 6.07) is 4.30. The van der Waals surface area contributed by atoms with Crippen molar-refractivity contribution < 1.29 is 14.0 Å². The molecule has 0 fully saturated rings. The summed E-state index contributed by atoms with van der Waals surface area (Å²) >= 11 is 1.39. The highest BCUT2D eigenvalue weighted by Crippen LogP contribution is 2.10. The van der Waals surface area contributed by atoms with E-state index in [1.807, 2.05) is 0 Å². The van der Waals surface area contributed by atoms with E-state index < -0.39 is 5.82 Å². The molecule has 1 aromatic carbocycles. The van der Waals surface area contributed by atoms with Crippen molar-refractivity contribution in [2.75, 3.05) is 19.6 Å². The lowest BCUT2D eigenvalue weighted by Crippen LogP contribution is -2.34. The number of nitrogens with one attached hydrogen (secondary N) is 2. The van der Waals surface area contributed by atoms with Crippen molar-refractivity contribution in [2.24, 2.45) is 5.73 Å². The summed E-state index contributed by atoms with van der Waals surface area (Å²) in [6.45, 7) is 2.60. The van der Waals surface area contributed by atoms with Crippen molar-refractivity contribution in [1.82, 2.24) is 15.6 Å². The van der Waals surface area contributed by atoms with Gasteiger partial charge in [-0.05, 0) is 31.2 Å². The van der Waals surface area contributed by atoms with Crippen LogP contribution in [0.15, 0.2) is 23.6 Å². The molecular formula is C16H19FN4O2S. The number of carbonyl (C=O) groups excluding carboxylic acids is 2. The molecule has 0 atom stereocenters. The molecule has 128 valence electrons. The lowest BCUT2D eigenvalue weighted by atomic mass is 10.1. The SMILES string of the molecule is Cc1ccc(C(=O)NCCNC(=O)c2csc(CCN)n2)cc1F. The van der Waals surface area contributed by atoms with Crippen LogP contribution < -0.4 is 16.4 Å². The molecule has 1 heterocycles. The van der Waals surface area contributed by atoms with E-state index >= 15 is 0 Å². The summed E-state index contributed by atoms with van der Waals surface area (Å²) in [6.07, 6.45) is 0.640. The molecular weight excluding hydrogens is 331 g/mol. The Bertz CT molecular complexity index is 733. The molecule has 0 saturated heterocycles. The van der Waals surface area contributed by atoms with Crippen LogP contribution in [0.4, 0.5) is 4.39 Å². The Balaban J connectivity index is 1.76. The van der Waals surface area contributed by atoms with Gasteiger partial charge in [0.2, 0.25) is 0 Å². The summed E-state index contributed by atoms with van der Waals surface area (Å²) in [5.74, 6) is -1.11. The monoisotopic (exact) mass is 350 g/mol. The zero-order valence-electron chi connectivity index (χ0n) is 13.3. The number of halogens is 1. The van der Waals surface area contributed by atoms with Crippen molar-refractivity contribution in [1.29, 1.82) is 0 Å². The third-order valence-corrected chi connectivity index (χ3v) is 4.18. The molecule has 4 N–H and O–H groups in total. The largest absolute Gasteiger partial charge is 0.350 e. The molecule has 0 aliphatic carbocycles. The van der Waals surface area contributed by atoms with Crippen molar-refractivity contribution in [3.05, 3.63) is 51.2 Å². The summed E-state index contributed by atoms with van der Waals surface area (Å²) < 4.78 is 13.4. The highest BCUT2D eigenvalue weighted by Gasteiger charge is 2.11. The van der Waals surface area contributed by atoms with Crippen LogP contribution in [0.5, 0.6) is 0 Å². The van der Waals surface area contributed by atoms with E-state index in [-0.39, 0.29) is 30.5 Å². The van der Waals surface area contributed by atoms with Crippen LogP contribution in [0.1, 0.15) is 31.4 Å². The number of rotatable bonds is 7. The number of thiazole rings is 1. The van der Waals surface area contributed by atoms with Gasteiger partial charge in [-0.2, -0.15) is 0 Å². The van der Waals surface area contributed by atoms with Crippen LogP contribution in [-0.4, -0.2) is 36.4 Å². The molecule has 0 bridgehead atoms. The minimum Gasteiger partial charge on any atom is -0.350 e. The Labute approximate surface area is 143 Å². The first-order valence-electron chi connectivity index (χ1n) is 7.48. The van der Waals surface area contributed by atoms with Crippen LogP contribution in [0.25, 0.3) is 0 Å². The number of hydrogen-bond donors (Lipinski definition) is 3. The summed E-state index contributed by atoms with van der Waals surface area (Å²) in [4.78, 5) is 28.0. The molecule has 2 rings (SSSR count). The maximum absolute atomic E-state index is 13.4. The number of amides is 2. The van der Waals surface area contributed by atoms with E-state index in [1.54, 1.807) is 24.4 Å². The van der Waals surface area contributed by atoms with E-state index in [0.717, 1.165) is 5.01 Å². The molecule has 0 saturated carbocycles. The van der Waals surface area contributed by atoms with Gasteiger partial charge >= 0.3 is 0 Å². The molecule has 0 spiro atoms. The summed E-state index contributed by atoms with van der Waals surface area (Å²) in [7, 11) is 0. The van der Waals surface area contributed by atoms with E-state index in [2.05, 4.69) is 15.6 Å². The highest BCUT2D eigenvalue weighted by atomic mass is 32.1. The fourth-order valence-corrected chi connectivity index (χ4v) is 2.73. The van der Waals surface area contributed by atoms with E-state index in [9.17, 15) is 14.0 Å². The minimum atomic E-state index is -0.423. The Hall–Kier alpha value is -2.32. The molecule has 0 aliphatic heterocycles. The minimum absolute atomic E-state index is 0.236. The maximum atomic E-state index is 13.4. The van der Waals surface area contributed by atoms with Gasteiger partial charge in [-0.15, -0.1) is 11.3 Å². The molecule has 2 aromatic rings. The van der Waals surface area contributed by atoms with Gasteiger partial charge in [0.25, 0.3) is 11.8 Å². The van der Waals surface area contributed by atoms with Crippen molar-refractivity contribution >= 4 is 23.2 Å². The molecule has 1 aromatic heterocycles. The second-order valence-corrected chi connectivity index (χ2v) is 6.08. The Morgan fingerprint density at radius 1 is 1.25 bits per heavy atom. The number of aryl methyl sites for hydroxylation is 1. The van der Waals surface area contributed by atoms with Crippen LogP contribution in [0.2, 0.25) is 0 Å². The van der Waals surface area contributed by atoms with Gasteiger partial charge < -0.3 is 16.4 Å². The quantitative estimate of drug-likeness (QED) is 0.655. The van der Waals surface area contributed by atoms with Gasteiger partial charge in [0.1, 0.15) is 11.5 Å². The van der Waals surface area contributed by atoms with Gasteiger partial charge in [-0.3, -0.25) is 9.59 Å². The predicted octanol–water partition coefficient (Wildman–Crippen LogP) is 1.25. The van der Waals surface area contributed by atoms with Crippen molar-refractivity contribution in [3.8, 4) is 0 Å². The lowest BCUT2D eigenvalue weighted by molar-refractivity contribution is 0.0925. The Morgan fingerprint density at radius 3 is 2.62 bits per heavy atom. The standard InChI is InChI=1S/C16H19FN4O2S/c1-10-2-3-11(8-12(10)17)15(22)19-6-7-20-16(23)13-9-24-14(21-13)4-5-18/h2-3,8-9H,4-7,18H2,1H3,(H,19,22)(H,20,23). The predicted molar refractivity (Wildman–Crippen MR) is 90.7 cm³/mol. The van der Waals surface area contributed by atoms with E-state index in [4.69, 9.17) is 5.73 Å². The fourth-order valence-electron chi connectivity index (χ4n) is 1.93. The third-order valence-electron chi connectivity index (χ3n) is 3.27. The first-order valence-corrected chi connectivity index (χ1v) is 8.36. The number of hydrogen-bond acceptors (Lipinski definition) is 5. The topological polar surface area (TPSA) is 97.1 Å². The smallest absolute Gasteiger partial charge is 0.270 e. The lowest BCUT2D eigenvalue weighted by Gasteiger charge is -2.07. The van der Waals surface area contributed by atoms with Gasteiger partial charge in [0.05, 0.1) is 5.01 Å². The Kier molecular flexibility index (Phi) is 6.39. The zero-order chi connectivity index (χ0) is 17.5. The number of carbonyl (C=O) groups is 2. The van der Waals surface area contributed by atoms with Crippen LogP contribution in [0, 0.1) is 12.7 Å². The summed E-state index contributed by atoms with van der Waals surface area (Å²) in [5, 5.41) is 7.78. The van der Waals surface area contributed by atoms with Gasteiger partial charge in [-0.25, -0.2) is 9.37 Å². The van der Waals surface area contributed by atoms with E-state index in [1.165, 1.54) is 17.4 Å². The van der Waals surface area contributed by atoms with E-state index in [0.29, 0.717) is 24.2 Å². The van der Waals surface area contributed by atoms with Gasteiger partial charge in [0, 0.05) is 30.5 Å². The van der Waals surface area contributed by atoms with Crippen molar-refractivity contribution in [3.63, 3.8) is 0 Å². The molecule has 0 unspecified atom stereocenters. The number of aromatic nitrogens is 1. The van der Waals surface area contributed by atoms with Gasteiger partial charge in [0.15, 0.2) is 0 Å². The second-order valence-electron chi connectivity index (χ2n) is 5.14. The zero-order valence-corrected chi connectivity index (χ0v) is 14.1. The van der Waals surface area contributed by atoms with Crippen LogP contribution in [-0.2, 0) is 6.42 Å². The molecule has 2 amide bonds. The average molecular weight is 350 g/mol. The number of nitrogens with zero attached hydrogens (tertiary/aromatic N) is 1. The second kappa shape index (κ2) is 8.51. The van der Waals surface area contributed by atoms with Crippen LogP contribution >= 0.6 is 11.3 Å². The van der Waals surface area contributed by atoms with Crippen LogP contribution in [0.3, 0.4) is 0 Å². The molecule has 6 nitrogen and oxygen atoms in total. The molecule has 8 heteroatoms. The third kappa shape index (κ3) is 4.84. The fraction of sp³-hybridized carbons (Fsp3) is 0.312. The normalized spacial score (nSPS) is 10.5. The van der Waals surface area contributed by atoms with Gasteiger partial charge in [-0.1, -0.05) is 6.07 Å². The number of benzene rings is 1. The first kappa shape index (κ1) is 18.0.